The molecule has 160 valence electrons. The Kier molecular flexibility index (Phi) is 10.8. The molecule has 0 spiro atoms. The van der Waals surface area contributed by atoms with E-state index in [0.717, 1.165) is 43.2 Å². The number of para-hydroxylation sites is 1. The van der Waals surface area contributed by atoms with Gasteiger partial charge in [0.25, 0.3) is 0 Å². The van der Waals surface area contributed by atoms with Gasteiger partial charge in [-0.3, -0.25) is 9.36 Å². The van der Waals surface area contributed by atoms with Crippen molar-refractivity contribution in [2.45, 2.75) is 78.9 Å². The van der Waals surface area contributed by atoms with Crippen LogP contribution in [0.15, 0.2) is 18.2 Å². The molecule has 1 rings (SSSR count). The number of hydrogen-bond acceptors (Lipinski definition) is 5. The van der Waals surface area contributed by atoms with Gasteiger partial charge in [0.05, 0.1) is 6.10 Å². The second kappa shape index (κ2) is 12.3. The number of carbonyl (C=O) groups excluding carboxylic acids is 1. The zero-order chi connectivity index (χ0) is 21.2. The Morgan fingerprint density at radius 2 is 1.68 bits per heavy atom. The molecule has 7 heteroatoms. The van der Waals surface area contributed by atoms with E-state index in [1.807, 2.05) is 32.0 Å². The molecule has 0 aromatic heterocycles. The quantitative estimate of drug-likeness (QED) is 0.359. The fourth-order valence-corrected chi connectivity index (χ4v) is 4.57. The first-order valence-corrected chi connectivity index (χ1v) is 12.0. The summed E-state index contributed by atoms with van der Waals surface area (Å²) >= 11 is 0. The maximum Gasteiger partial charge on any atom is 0.342 e. The number of methoxy groups -OCH3 is 1. The van der Waals surface area contributed by atoms with Crippen molar-refractivity contribution in [1.82, 2.24) is 5.09 Å². The fourth-order valence-electron chi connectivity index (χ4n) is 2.83. The van der Waals surface area contributed by atoms with Crippen molar-refractivity contribution in [3.8, 4) is 5.75 Å². The molecule has 0 aliphatic heterocycles. The SMILES string of the molecule is CCCc1cccc(CCC)c1OP(=O)(COC)N[C@@H](C)C(=O)O[C@@H](C)CC. The lowest BCUT2D eigenvalue weighted by Gasteiger charge is -2.26. The Morgan fingerprint density at radius 3 is 2.14 bits per heavy atom. The van der Waals surface area contributed by atoms with Gasteiger partial charge in [-0.15, -0.1) is 0 Å². The summed E-state index contributed by atoms with van der Waals surface area (Å²) in [6, 6.07) is 5.22. The summed E-state index contributed by atoms with van der Waals surface area (Å²) in [4.78, 5) is 12.3. The number of aryl methyl sites for hydroxylation is 2. The summed E-state index contributed by atoms with van der Waals surface area (Å²) in [5, 5.41) is 2.84. The average Bonchev–Trinajstić information content (AvgIpc) is 2.64. The molecule has 1 unspecified atom stereocenters. The van der Waals surface area contributed by atoms with E-state index in [-0.39, 0.29) is 12.5 Å². The minimum Gasteiger partial charge on any atom is -0.462 e. The Hall–Kier alpha value is -1.36. The van der Waals surface area contributed by atoms with Crippen LogP contribution in [0.25, 0.3) is 0 Å². The molecular formula is C21H36NO5P. The molecule has 0 amide bonds. The van der Waals surface area contributed by atoms with Gasteiger partial charge in [-0.25, -0.2) is 5.09 Å². The lowest BCUT2D eigenvalue weighted by Crippen LogP contribution is -2.37. The first-order chi connectivity index (χ1) is 13.3. The number of ether oxygens (including phenoxy) is 2. The molecule has 0 bridgehead atoms. The van der Waals surface area contributed by atoms with Crippen LogP contribution in [0.5, 0.6) is 5.75 Å². The summed E-state index contributed by atoms with van der Waals surface area (Å²) in [7, 11) is -2.01. The predicted octanol–water partition coefficient (Wildman–Crippen LogP) is 5.09. The smallest absolute Gasteiger partial charge is 0.342 e. The third kappa shape index (κ3) is 7.57. The van der Waals surface area contributed by atoms with Gasteiger partial charge in [0, 0.05) is 7.11 Å². The Bertz CT molecular complexity index is 640. The van der Waals surface area contributed by atoms with Gasteiger partial charge in [0.1, 0.15) is 18.1 Å². The van der Waals surface area contributed by atoms with Crippen molar-refractivity contribution in [2.75, 3.05) is 13.5 Å². The summed E-state index contributed by atoms with van der Waals surface area (Å²) in [6.07, 6.45) is 3.93. The number of nitrogens with one attached hydrogen (secondary N) is 1. The molecule has 1 N–H and O–H groups in total. The zero-order valence-corrected chi connectivity index (χ0v) is 19.0. The lowest BCUT2D eigenvalue weighted by atomic mass is 10.0. The van der Waals surface area contributed by atoms with Crippen molar-refractivity contribution < 1.29 is 23.4 Å². The minimum atomic E-state index is -3.48. The lowest BCUT2D eigenvalue weighted by molar-refractivity contribution is -0.149. The number of carbonyl (C=O) groups is 1. The highest BCUT2D eigenvalue weighted by atomic mass is 31.2. The summed E-state index contributed by atoms with van der Waals surface area (Å²) in [6.45, 7) is 9.58. The van der Waals surface area contributed by atoms with E-state index in [9.17, 15) is 9.36 Å². The van der Waals surface area contributed by atoms with E-state index >= 15 is 0 Å². The molecule has 0 aliphatic rings. The van der Waals surface area contributed by atoms with Crippen LogP contribution in [-0.2, 0) is 31.7 Å². The van der Waals surface area contributed by atoms with E-state index in [1.54, 1.807) is 6.92 Å². The van der Waals surface area contributed by atoms with Crippen molar-refractivity contribution >= 4 is 13.5 Å². The van der Waals surface area contributed by atoms with Crippen LogP contribution in [0.4, 0.5) is 0 Å². The standard InChI is InChI=1S/C21H36NO5P/c1-7-11-18-13-10-14-19(12-8-2)20(18)27-28(24,15-25-6)22-17(5)21(23)26-16(4)9-3/h10,13-14,16-17H,7-9,11-12,15H2,1-6H3,(H,22,24)/t16-,17-,28?/m0/s1. The van der Waals surface area contributed by atoms with Crippen molar-refractivity contribution in [3.05, 3.63) is 29.3 Å². The number of esters is 1. The maximum atomic E-state index is 13.5. The molecule has 0 heterocycles. The van der Waals surface area contributed by atoms with Crippen molar-refractivity contribution in [1.29, 1.82) is 0 Å². The Balaban J connectivity index is 3.11. The van der Waals surface area contributed by atoms with Crippen molar-refractivity contribution in [3.63, 3.8) is 0 Å². The van der Waals surface area contributed by atoms with E-state index in [1.165, 1.54) is 7.11 Å². The van der Waals surface area contributed by atoms with Crippen LogP contribution in [0, 0.1) is 0 Å². The van der Waals surface area contributed by atoms with Crippen LogP contribution in [0.3, 0.4) is 0 Å². The molecule has 28 heavy (non-hydrogen) atoms. The fraction of sp³-hybridized carbons (Fsp3) is 0.667. The number of hydrogen-bond donors (Lipinski definition) is 1. The van der Waals surface area contributed by atoms with E-state index in [2.05, 4.69) is 18.9 Å². The summed E-state index contributed by atoms with van der Waals surface area (Å²) < 4.78 is 30.1. The molecular weight excluding hydrogens is 377 g/mol. The second-order valence-electron chi connectivity index (χ2n) is 7.09. The highest BCUT2D eigenvalue weighted by Crippen LogP contribution is 2.46. The van der Waals surface area contributed by atoms with Crippen molar-refractivity contribution in [2.24, 2.45) is 0 Å². The first kappa shape index (κ1) is 24.7. The van der Waals surface area contributed by atoms with E-state index in [4.69, 9.17) is 14.0 Å². The van der Waals surface area contributed by atoms with Gasteiger partial charge in [-0.2, -0.15) is 0 Å². The predicted molar refractivity (Wildman–Crippen MR) is 113 cm³/mol. The molecule has 0 aliphatic carbocycles. The number of rotatable bonds is 13. The van der Waals surface area contributed by atoms with Crippen LogP contribution in [0.2, 0.25) is 0 Å². The normalized spacial score (nSPS) is 15.5. The molecule has 0 radical (unpaired) electrons. The van der Waals surface area contributed by atoms with Gasteiger partial charge in [-0.05, 0) is 44.2 Å². The molecule has 0 saturated carbocycles. The van der Waals surface area contributed by atoms with Gasteiger partial charge < -0.3 is 14.0 Å². The molecule has 6 nitrogen and oxygen atoms in total. The number of benzene rings is 1. The zero-order valence-electron chi connectivity index (χ0n) is 18.1. The van der Waals surface area contributed by atoms with Gasteiger partial charge in [-0.1, -0.05) is 51.8 Å². The Labute approximate surface area is 169 Å². The van der Waals surface area contributed by atoms with Crippen LogP contribution >= 0.6 is 7.52 Å². The molecule has 0 fully saturated rings. The second-order valence-corrected chi connectivity index (χ2v) is 9.14. The van der Waals surface area contributed by atoms with Crippen LogP contribution < -0.4 is 9.61 Å². The van der Waals surface area contributed by atoms with Gasteiger partial charge in [0.15, 0.2) is 0 Å². The molecule has 1 aromatic rings. The van der Waals surface area contributed by atoms with Gasteiger partial charge in [0.2, 0.25) is 0 Å². The topological polar surface area (TPSA) is 73.9 Å². The first-order valence-electron chi connectivity index (χ1n) is 10.2. The van der Waals surface area contributed by atoms with Crippen LogP contribution in [0.1, 0.15) is 65.0 Å². The molecule has 1 aromatic carbocycles. The summed E-state index contributed by atoms with van der Waals surface area (Å²) in [5.74, 6) is 0.187. The third-order valence-electron chi connectivity index (χ3n) is 4.39. The largest absolute Gasteiger partial charge is 0.462 e. The summed E-state index contributed by atoms with van der Waals surface area (Å²) in [5.41, 5.74) is 2.03. The highest BCUT2D eigenvalue weighted by Gasteiger charge is 2.32. The highest BCUT2D eigenvalue weighted by molar-refractivity contribution is 7.57. The monoisotopic (exact) mass is 413 g/mol. The Morgan fingerprint density at radius 1 is 1.11 bits per heavy atom. The minimum absolute atomic E-state index is 0.139. The van der Waals surface area contributed by atoms with E-state index in [0.29, 0.717) is 5.75 Å². The van der Waals surface area contributed by atoms with Crippen LogP contribution in [-0.4, -0.2) is 31.6 Å². The molecule has 3 atom stereocenters. The van der Waals surface area contributed by atoms with E-state index < -0.39 is 19.5 Å². The maximum absolute atomic E-state index is 13.5. The molecule has 0 saturated heterocycles. The van der Waals surface area contributed by atoms with Gasteiger partial charge >= 0.3 is 13.5 Å². The average molecular weight is 413 g/mol. The third-order valence-corrected chi connectivity index (χ3v) is 6.25.